The highest BCUT2D eigenvalue weighted by Crippen LogP contribution is 2.32. The molecule has 0 bridgehead atoms. The third-order valence-electron chi connectivity index (χ3n) is 6.27. The number of carbonyl (C=O) groups excluding carboxylic acids is 4. The summed E-state index contributed by atoms with van der Waals surface area (Å²) in [4.78, 5) is 76.7. The first-order chi connectivity index (χ1) is 20.6. The lowest BCUT2D eigenvalue weighted by atomic mass is 9.91. The maximum absolute atomic E-state index is 12.5. The molecule has 0 radical (unpaired) electrons. The van der Waals surface area contributed by atoms with Gasteiger partial charge in [-0.25, -0.2) is 9.59 Å². The van der Waals surface area contributed by atoms with Crippen molar-refractivity contribution in [2.24, 2.45) is 0 Å². The molecule has 0 atom stereocenters. The minimum absolute atomic E-state index is 0.00925. The van der Waals surface area contributed by atoms with E-state index in [1.807, 2.05) is 0 Å². The van der Waals surface area contributed by atoms with Gasteiger partial charge in [-0.1, -0.05) is 6.07 Å². The van der Waals surface area contributed by atoms with Crippen LogP contribution in [0.3, 0.4) is 0 Å². The number of rotatable bonds is 10. The number of aromatic carboxylic acids is 1. The molecule has 222 valence electrons. The van der Waals surface area contributed by atoms with Crippen molar-refractivity contribution in [2.75, 3.05) is 16.8 Å². The monoisotopic (exact) mass is 606 g/mol. The zero-order valence-corrected chi connectivity index (χ0v) is 23.6. The number of benzene rings is 2. The molecular weight excluding hydrogens is 580 g/mol. The van der Waals surface area contributed by atoms with Crippen LogP contribution in [0.1, 0.15) is 36.5 Å². The lowest BCUT2D eigenvalue weighted by Crippen LogP contribution is -2.32. The number of aliphatic hydroxyl groups is 1. The first-order valence-electron chi connectivity index (χ1n) is 13.0. The van der Waals surface area contributed by atoms with Crippen LogP contribution in [0.4, 0.5) is 5.69 Å². The number of fused-ring (bicyclic) bond motifs is 1. The molecule has 0 saturated carbocycles. The Morgan fingerprint density at radius 2 is 1.79 bits per heavy atom. The molecule has 3 N–H and O–H groups in total. The van der Waals surface area contributed by atoms with Crippen LogP contribution < -0.4 is 21.4 Å². The lowest BCUT2D eigenvalue weighted by Gasteiger charge is -2.16. The lowest BCUT2D eigenvalue weighted by molar-refractivity contribution is -0.197. The van der Waals surface area contributed by atoms with E-state index in [0.29, 0.717) is 26.8 Å². The molecule has 3 aliphatic rings. The highest BCUT2D eigenvalue weighted by molar-refractivity contribution is 7.99. The normalized spacial score (nSPS) is 14.2. The molecule has 1 saturated heterocycles. The number of hydroxylamine groups is 2. The number of imide groups is 1. The average Bonchev–Trinajstić information content (AvgIpc) is 3.29. The van der Waals surface area contributed by atoms with Crippen LogP contribution in [-0.2, 0) is 24.0 Å². The number of carbonyl (C=O) groups is 5. The number of thioether (sulfide) groups is 1. The van der Waals surface area contributed by atoms with E-state index < -0.39 is 29.7 Å². The third-order valence-corrected chi connectivity index (χ3v) is 7.23. The third kappa shape index (κ3) is 7.19. The fraction of sp³-hybridized carbons (Fsp3) is 0.200. The van der Waals surface area contributed by atoms with Gasteiger partial charge in [-0.2, -0.15) is 11.8 Å². The summed E-state index contributed by atoms with van der Waals surface area (Å²) in [6.07, 6.45) is 5.22. The molecule has 4 rings (SSSR count). The van der Waals surface area contributed by atoms with Gasteiger partial charge in [0.15, 0.2) is 5.43 Å². The van der Waals surface area contributed by atoms with Gasteiger partial charge in [0.05, 0.1) is 24.0 Å². The van der Waals surface area contributed by atoms with Crippen LogP contribution in [0.2, 0.25) is 0 Å². The van der Waals surface area contributed by atoms with Crippen molar-refractivity contribution < 1.29 is 43.4 Å². The molecule has 1 aliphatic carbocycles. The van der Waals surface area contributed by atoms with Crippen molar-refractivity contribution in [3.63, 3.8) is 0 Å². The highest BCUT2D eigenvalue weighted by atomic mass is 32.2. The minimum Gasteiger partial charge on any atom is -0.516 e. The molecule has 43 heavy (non-hydrogen) atoms. The molecule has 12 nitrogen and oxygen atoms in total. The van der Waals surface area contributed by atoms with Gasteiger partial charge in [-0.05, 0) is 55.0 Å². The Morgan fingerprint density at radius 1 is 1.07 bits per heavy atom. The molecule has 1 fully saturated rings. The van der Waals surface area contributed by atoms with Gasteiger partial charge in [0.1, 0.15) is 11.2 Å². The van der Waals surface area contributed by atoms with Gasteiger partial charge in [-0.3, -0.25) is 19.2 Å². The molecule has 2 heterocycles. The zero-order valence-electron chi connectivity index (χ0n) is 22.8. The Labute approximate surface area is 248 Å². The molecular formula is C30H26N2O10S. The highest BCUT2D eigenvalue weighted by Gasteiger charge is 2.32. The van der Waals surface area contributed by atoms with E-state index in [4.69, 9.17) is 9.25 Å². The summed E-state index contributed by atoms with van der Waals surface area (Å²) in [7, 11) is 0. The molecule has 0 spiro atoms. The standard InChI is InChI=1S/C30H26N2O10S/c1-2-23-20(4-3-12-33)29(21-8-6-18(34)15-24(21)41-23)19-7-5-17(14-22(19)30(39)40)31-25(35)16-43-13-11-28(38)42-32-26(36)9-10-27(32)37/h2-8,12,14-15,33H,9-11,13,16H2,1H3,(H,31,35)(H,39,40)/b12-3?,20-4?,23-2+. The van der Waals surface area contributed by atoms with Gasteiger partial charge >= 0.3 is 11.9 Å². The fourth-order valence-corrected chi connectivity index (χ4v) is 5.10. The van der Waals surface area contributed by atoms with Crippen LogP contribution in [0, 0.1) is 0 Å². The summed E-state index contributed by atoms with van der Waals surface area (Å²) < 4.78 is 5.89. The van der Waals surface area contributed by atoms with Crippen LogP contribution in [0.5, 0.6) is 0 Å². The number of hydrogen-bond acceptors (Lipinski definition) is 10. The fourth-order valence-electron chi connectivity index (χ4n) is 4.38. The van der Waals surface area contributed by atoms with Gasteiger partial charge in [0.2, 0.25) is 5.91 Å². The second-order valence-corrected chi connectivity index (χ2v) is 10.3. The summed E-state index contributed by atoms with van der Waals surface area (Å²) in [6.45, 7) is 1.71. The maximum atomic E-state index is 12.5. The van der Waals surface area contributed by atoms with Gasteiger partial charge in [-0.15, -0.1) is 5.06 Å². The van der Waals surface area contributed by atoms with E-state index in [1.54, 1.807) is 19.1 Å². The predicted octanol–water partition coefficient (Wildman–Crippen LogP) is 2.43. The topological polar surface area (TPSA) is 181 Å². The Hall–Kier alpha value is -5.17. The first kappa shape index (κ1) is 30.8. The molecule has 1 aromatic carbocycles. The van der Waals surface area contributed by atoms with Crippen LogP contribution in [-0.4, -0.2) is 56.4 Å². The van der Waals surface area contributed by atoms with Crippen LogP contribution >= 0.6 is 11.8 Å². The molecule has 2 aliphatic heterocycles. The van der Waals surface area contributed by atoms with E-state index in [2.05, 4.69) is 5.32 Å². The summed E-state index contributed by atoms with van der Waals surface area (Å²) in [5.74, 6) is -3.30. The van der Waals surface area contributed by atoms with E-state index >= 15 is 0 Å². The Kier molecular flexibility index (Phi) is 9.78. The van der Waals surface area contributed by atoms with Crippen molar-refractivity contribution >= 4 is 59.3 Å². The van der Waals surface area contributed by atoms with E-state index in [1.165, 1.54) is 42.5 Å². The van der Waals surface area contributed by atoms with Crippen molar-refractivity contribution in [1.82, 2.24) is 5.06 Å². The quantitative estimate of drug-likeness (QED) is 0.175. The first-order valence-corrected chi connectivity index (χ1v) is 14.1. The van der Waals surface area contributed by atoms with Gasteiger partial charge < -0.3 is 24.8 Å². The number of nitrogens with zero attached hydrogens (tertiary/aromatic N) is 1. The Bertz CT molecular complexity index is 1780. The largest absolute Gasteiger partial charge is 0.516 e. The molecule has 13 heteroatoms. The number of carboxylic acid groups (broad SMARTS) is 1. The number of allylic oxidation sites excluding steroid dienone is 1. The number of carboxylic acids is 1. The molecule has 0 unspecified atom stereocenters. The van der Waals surface area contributed by atoms with E-state index in [0.717, 1.165) is 18.0 Å². The van der Waals surface area contributed by atoms with E-state index in [-0.39, 0.29) is 58.8 Å². The molecule has 3 amide bonds. The zero-order chi connectivity index (χ0) is 31.1. The van der Waals surface area contributed by atoms with Crippen molar-refractivity contribution in [3.05, 3.63) is 75.2 Å². The number of nitrogens with one attached hydrogen (secondary N) is 1. The average molecular weight is 607 g/mol. The summed E-state index contributed by atoms with van der Waals surface area (Å²) >= 11 is 1.11. The number of amides is 3. The van der Waals surface area contributed by atoms with Crippen molar-refractivity contribution in [1.29, 1.82) is 0 Å². The van der Waals surface area contributed by atoms with Crippen molar-refractivity contribution in [2.45, 2.75) is 26.2 Å². The second-order valence-electron chi connectivity index (χ2n) is 9.17. The second kappa shape index (κ2) is 13.7. The minimum atomic E-state index is -1.27. The molecule has 0 aromatic heterocycles. The predicted molar refractivity (Wildman–Crippen MR) is 157 cm³/mol. The van der Waals surface area contributed by atoms with Gasteiger partial charge in [0, 0.05) is 46.7 Å². The summed E-state index contributed by atoms with van der Waals surface area (Å²) in [5, 5.41) is 22.9. The summed E-state index contributed by atoms with van der Waals surface area (Å²) in [5.41, 5.74) is 1.33. The van der Waals surface area contributed by atoms with E-state index in [9.17, 15) is 39.0 Å². The smallest absolute Gasteiger partial charge is 0.336 e. The Balaban J connectivity index is 1.53. The SMILES string of the molecule is C/C=c1/oc2cc(=O)ccc-2c(-c2ccc(NC(=O)CSCCC(=O)ON3C(=O)CCC3=O)cc2C(=O)O)c1=CC=CO. The number of aliphatic hydroxyl groups excluding tert-OH is 1. The Morgan fingerprint density at radius 3 is 2.47 bits per heavy atom. The number of anilines is 1. The summed E-state index contributed by atoms with van der Waals surface area (Å²) in [6, 6.07) is 8.54. The van der Waals surface area contributed by atoms with Crippen LogP contribution in [0.15, 0.2) is 57.9 Å². The van der Waals surface area contributed by atoms with Crippen LogP contribution in [0.25, 0.3) is 34.6 Å². The van der Waals surface area contributed by atoms with Gasteiger partial charge in [0.25, 0.3) is 11.8 Å². The maximum Gasteiger partial charge on any atom is 0.336 e. The number of hydrogen-bond donors (Lipinski definition) is 3. The van der Waals surface area contributed by atoms with Crippen molar-refractivity contribution in [3.8, 4) is 22.5 Å². The molecule has 1 aromatic rings.